The van der Waals surface area contributed by atoms with Crippen molar-refractivity contribution in [3.63, 3.8) is 0 Å². The maximum absolute atomic E-state index is 12.0. The lowest BCUT2D eigenvalue weighted by Crippen LogP contribution is -2.08. The number of carboxylic acid groups (broad SMARTS) is 2. The standard InChI is InChI=1S/C35H26N4O6S/c1-44-26-7-3-24(4-8-26)39(25-5-9-27(45-2)10-6-25)33-12-11-32(46-33)21-13-15-36-28(17-21)30-19-23(35(42)43)20-31(38-30)29-18-22(34(40)41)14-16-37-29/h3-20H,1-2H3,(H,40,41)(H,42,43). The lowest BCUT2D eigenvalue weighted by molar-refractivity contribution is 0.0686. The topological polar surface area (TPSA) is 135 Å². The molecule has 4 aromatic heterocycles. The molecule has 0 aliphatic carbocycles. The third-order valence-corrected chi connectivity index (χ3v) is 8.24. The van der Waals surface area contributed by atoms with Crippen LogP contribution in [0.2, 0.25) is 0 Å². The van der Waals surface area contributed by atoms with Gasteiger partial charge in [-0.05, 0) is 103 Å². The fraction of sp³-hybridized carbons (Fsp3) is 0.0571. The monoisotopic (exact) mass is 630 g/mol. The third-order valence-electron chi connectivity index (χ3n) is 7.12. The van der Waals surface area contributed by atoms with Crippen molar-refractivity contribution in [2.75, 3.05) is 19.1 Å². The molecule has 10 nitrogen and oxygen atoms in total. The molecule has 0 aliphatic heterocycles. The van der Waals surface area contributed by atoms with Gasteiger partial charge in [0.15, 0.2) is 0 Å². The van der Waals surface area contributed by atoms with Crippen molar-refractivity contribution < 1.29 is 29.3 Å². The van der Waals surface area contributed by atoms with Gasteiger partial charge in [0.1, 0.15) is 16.5 Å². The van der Waals surface area contributed by atoms with E-state index in [0.717, 1.165) is 38.3 Å². The molecule has 0 saturated heterocycles. The Morgan fingerprint density at radius 2 is 1.15 bits per heavy atom. The van der Waals surface area contributed by atoms with E-state index in [1.807, 2.05) is 72.8 Å². The highest BCUT2D eigenvalue weighted by Gasteiger charge is 2.18. The lowest BCUT2D eigenvalue weighted by Gasteiger charge is -2.24. The van der Waals surface area contributed by atoms with Gasteiger partial charge in [-0.3, -0.25) is 9.97 Å². The smallest absolute Gasteiger partial charge is 0.335 e. The highest BCUT2D eigenvalue weighted by atomic mass is 32.1. The summed E-state index contributed by atoms with van der Waals surface area (Å²) in [4.78, 5) is 40.0. The van der Waals surface area contributed by atoms with Crippen LogP contribution in [-0.2, 0) is 0 Å². The predicted molar refractivity (Wildman–Crippen MR) is 176 cm³/mol. The second kappa shape index (κ2) is 12.9. The molecule has 2 N–H and O–H groups in total. The fourth-order valence-electron chi connectivity index (χ4n) is 4.81. The molecule has 0 radical (unpaired) electrons. The number of ether oxygens (including phenoxy) is 2. The summed E-state index contributed by atoms with van der Waals surface area (Å²) in [7, 11) is 3.26. The van der Waals surface area contributed by atoms with E-state index in [0.29, 0.717) is 11.4 Å². The number of carboxylic acids is 2. The first-order chi connectivity index (χ1) is 22.3. The van der Waals surface area contributed by atoms with Crippen molar-refractivity contribution in [2.45, 2.75) is 0 Å². The third kappa shape index (κ3) is 6.26. The largest absolute Gasteiger partial charge is 0.497 e. The van der Waals surface area contributed by atoms with E-state index in [-0.39, 0.29) is 22.5 Å². The molecular formula is C35H26N4O6S. The molecule has 228 valence electrons. The van der Waals surface area contributed by atoms with Crippen LogP contribution < -0.4 is 14.4 Å². The molecule has 46 heavy (non-hydrogen) atoms. The zero-order chi connectivity index (χ0) is 32.2. The first-order valence-electron chi connectivity index (χ1n) is 13.9. The number of nitrogens with zero attached hydrogens (tertiary/aromatic N) is 4. The minimum Gasteiger partial charge on any atom is -0.497 e. The molecule has 0 amide bonds. The number of aromatic nitrogens is 3. The lowest BCUT2D eigenvalue weighted by atomic mass is 10.1. The Balaban J connectivity index is 1.39. The molecule has 0 aliphatic rings. The highest BCUT2D eigenvalue weighted by molar-refractivity contribution is 7.19. The van der Waals surface area contributed by atoms with Gasteiger partial charge < -0.3 is 24.6 Å². The van der Waals surface area contributed by atoms with Crippen LogP contribution in [-0.4, -0.2) is 51.3 Å². The van der Waals surface area contributed by atoms with Crippen molar-refractivity contribution in [1.29, 1.82) is 0 Å². The fourth-order valence-corrected chi connectivity index (χ4v) is 5.86. The SMILES string of the molecule is COc1ccc(N(c2ccc(OC)cc2)c2ccc(-c3ccnc(-c4cc(C(=O)O)cc(-c5cc(C(=O)O)ccn5)n4)c3)s2)cc1. The van der Waals surface area contributed by atoms with Gasteiger partial charge in [-0.25, -0.2) is 14.6 Å². The van der Waals surface area contributed by atoms with Crippen LogP contribution >= 0.6 is 11.3 Å². The van der Waals surface area contributed by atoms with E-state index in [1.54, 1.807) is 31.8 Å². The number of methoxy groups -OCH3 is 2. The molecule has 4 heterocycles. The molecule has 0 bridgehead atoms. The summed E-state index contributed by atoms with van der Waals surface area (Å²) in [5.74, 6) is -0.775. The number of hydrogen-bond acceptors (Lipinski definition) is 9. The van der Waals surface area contributed by atoms with Crippen molar-refractivity contribution in [1.82, 2.24) is 15.0 Å². The molecule has 0 unspecified atom stereocenters. The zero-order valence-electron chi connectivity index (χ0n) is 24.6. The minimum atomic E-state index is -1.16. The number of thiophene rings is 1. The molecule has 6 rings (SSSR count). The molecular weight excluding hydrogens is 604 g/mol. The Bertz CT molecular complexity index is 2000. The van der Waals surface area contributed by atoms with Gasteiger partial charge in [-0.15, -0.1) is 11.3 Å². The van der Waals surface area contributed by atoms with Crippen LogP contribution in [0.3, 0.4) is 0 Å². The Hall–Kier alpha value is -6.07. The van der Waals surface area contributed by atoms with Crippen LogP contribution in [0.5, 0.6) is 11.5 Å². The molecule has 0 spiro atoms. The average Bonchev–Trinajstić information content (AvgIpc) is 3.58. The Morgan fingerprint density at radius 3 is 1.70 bits per heavy atom. The number of rotatable bonds is 10. The van der Waals surface area contributed by atoms with Crippen LogP contribution in [0.15, 0.2) is 109 Å². The van der Waals surface area contributed by atoms with Gasteiger partial charge in [0.05, 0.1) is 48.1 Å². The van der Waals surface area contributed by atoms with Crippen LogP contribution in [0.1, 0.15) is 20.7 Å². The van der Waals surface area contributed by atoms with Crippen LogP contribution in [0.25, 0.3) is 33.2 Å². The summed E-state index contributed by atoms with van der Waals surface area (Å²) in [5.41, 5.74) is 3.96. The number of carbonyl (C=O) groups is 2. The van der Waals surface area contributed by atoms with E-state index < -0.39 is 11.9 Å². The Labute approximate surface area is 267 Å². The summed E-state index contributed by atoms with van der Waals surface area (Å²) >= 11 is 1.58. The number of pyridine rings is 3. The van der Waals surface area contributed by atoms with Crippen molar-refractivity contribution in [3.8, 4) is 44.7 Å². The first-order valence-corrected chi connectivity index (χ1v) is 14.7. The number of aromatic carboxylic acids is 2. The Kier molecular flexibility index (Phi) is 8.40. The summed E-state index contributed by atoms with van der Waals surface area (Å²) in [5, 5.41) is 20.2. The van der Waals surface area contributed by atoms with Crippen LogP contribution in [0.4, 0.5) is 16.4 Å². The van der Waals surface area contributed by atoms with E-state index >= 15 is 0 Å². The van der Waals surface area contributed by atoms with Crippen molar-refractivity contribution in [2.24, 2.45) is 0 Å². The second-order valence-electron chi connectivity index (χ2n) is 9.97. The van der Waals surface area contributed by atoms with Crippen LogP contribution in [0, 0.1) is 0 Å². The highest BCUT2D eigenvalue weighted by Crippen LogP contribution is 2.42. The molecule has 0 atom stereocenters. The predicted octanol–water partition coefficient (Wildman–Crippen LogP) is 7.82. The summed E-state index contributed by atoms with van der Waals surface area (Å²) in [6.07, 6.45) is 2.99. The number of anilines is 3. The number of hydrogen-bond donors (Lipinski definition) is 2. The van der Waals surface area contributed by atoms with Crippen molar-refractivity contribution >= 4 is 39.7 Å². The van der Waals surface area contributed by atoms with E-state index in [4.69, 9.17) is 9.47 Å². The van der Waals surface area contributed by atoms with E-state index in [9.17, 15) is 19.8 Å². The number of benzene rings is 2. The molecule has 11 heteroatoms. The first kappa shape index (κ1) is 30.0. The molecule has 2 aromatic carbocycles. The Morgan fingerprint density at radius 1 is 0.630 bits per heavy atom. The van der Waals surface area contributed by atoms with Gasteiger partial charge in [-0.2, -0.15) is 0 Å². The minimum absolute atomic E-state index is 0.0148. The quantitative estimate of drug-likeness (QED) is 0.154. The summed E-state index contributed by atoms with van der Waals surface area (Å²) < 4.78 is 10.7. The van der Waals surface area contributed by atoms with Crippen molar-refractivity contribution in [3.05, 3.63) is 121 Å². The van der Waals surface area contributed by atoms with Gasteiger partial charge >= 0.3 is 11.9 Å². The normalized spacial score (nSPS) is 10.7. The maximum Gasteiger partial charge on any atom is 0.335 e. The molecule has 6 aromatic rings. The van der Waals surface area contributed by atoms with Gasteiger partial charge in [0, 0.05) is 28.6 Å². The summed E-state index contributed by atoms with van der Waals surface area (Å²) in [6, 6.07) is 28.9. The molecule has 0 fully saturated rings. The maximum atomic E-state index is 12.0. The van der Waals surface area contributed by atoms with Gasteiger partial charge in [0.2, 0.25) is 0 Å². The second-order valence-corrected chi connectivity index (χ2v) is 11.0. The average molecular weight is 631 g/mol. The van der Waals surface area contributed by atoms with Gasteiger partial charge in [0.25, 0.3) is 0 Å². The van der Waals surface area contributed by atoms with E-state index in [1.165, 1.54) is 30.5 Å². The van der Waals surface area contributed by atoms with Gasteiger partial charge in [-0.1, -0.05) is 0 Å². The summed E-state index contributed by atoms with van der Waals surface area (Å²) in [6.45, 7) is 0. The zero-order valence-corrected chi connectivity index (χ0v) is 25.4. The van der Waals surface area contributed by atoms with E-state index in [2.05, 4.69) is 19.9 Å². The molecule has 0 saturated carbocycles.